The van der Waals surface area contributed by atoms with E-state index in [1.807, 2.05) is 13.0 Å². The van der Waals surface area contributed by atoms with Gasteiger partial charge in [-0.05, 0) is 33.8 Å². The summed E-state index contributed by atoms with van der Waals surface area (Å²) in [6, 6.07) is 3.71. The van der Waals surface area contributed by atoms with Gasteiger partial charge in [-0.1, -0.05) is 0 Å². The van der Waals surface area contributed by atoms with Gasteiger partial charge in [-0.2, -0.15) is 10.4 Å². The molecule has 0 amide bonds. The molecule has 1 aromatic heterocycles. The van der Waals surface area contributed by atoms with Gasteiger partial charge in [0.1, 0.15) is 11.7 Å². The summed E-state index contributed by atoms with van der Waals surface area (Å²) in [6.07, 6.45) is 3.34. The topological polar surface area (TPSA) is 79.9 Å². The van der Waals surface area contributed by atoms with Crippen LogP contribution < -0.4 is 5.32 Å². The van der Waals surface area contributed by atoms with Crippen LogP contribution in [0, 0.1) is 18.3 Å². The minimum atomic E-state index is -0.652. The zero-order valence-electron chi connectivity index (χ0n) is 11.9. The molecule has 0 bridgehead atoms. The van der Waals surface area contributed by atoms with Gasteiger partial charge in [0.2, 0.25) is 0 Å². The number of hydrogen-bond acceptors (Lipinski definition) is 5. The molecule has 0 aliphatic carbocycles. The van der Waals surface area contributed by atoms with E-state index in [9.17, 15) is 10.1 Å². The lowest BCUT2D eigenvalue weighted by atomic mass is 10.1. The van der Waals surface area contributed by atoms with E-state index in [1.54, 1.807) is 43.9 Å². The van der Waals surface area contributed by atoms with Crippen LogP contribution in [-0.4, -0.2) is 21.4 Å². The number of fused-ring (bicyclic) bond motifs is 1. The van der Waals surface area contributed by atoms with Crippen molar-refractivity contribution in [1.82, 2.24) is 15.1 Å². The number of rotatable bonds is 1. The van der Waals surface area contributed by atoms with Crippen LogP contribution in [-0.2, 0) is 9.53 Å². The summed E-state index contributed by atoms with van der Waals surface area (Å²) in [4.78, 5) is 12.1. The predicted molar refractivity (Wildman–Crippen MR) is 73.8 cm³/mol. The Morgan fingerprint density at radius 3 is 2.80 bits per heavy atom. The number of nitrogens with zero attached hydrogens (tertiary/aromatic N) is 3. The third-order valence-corrected chi connectivity index (χ3v) is 2.52. The number of nitriles is 1. The lowest BCUT2D eigenvalue weighted by Crippen LogP contribution is -2.27. The van der Waals surface area contributed by atoms with E-state index < -0.39 is 11.6 Å². The molecule has 0 unspecified atom stereocenters. The Balaban J connectivity index is 2.47. The zero-order valence-corrected chi connectivity index (χ0v) is 11.9. The average molecular weight is 272 g/mol. The van der Waals surface area contributed by atoms with Gasteiger partial charge in [0.05, 0.1) is 17.1 Å². The molecule has 1 aromatic rings. The van der Waals surface area contributed by atoms with Gasteiger partial charge in [-0.3, -0.25) is 0 Å². The van der Waals surface area contributed by atoms with Gasteiger partial charge in [0.15, 0.2) is 5.57 Å². The van der Waals surface area contributed by atoms with Gasteiger partial charge in [-0.15, -0.1) is 0 Å². The van der Waals surface area contributed by atoms with Crippen molar-refractivity contribution in [1.29, 1.82) is 5.26 Å². The van der Waals surface area contributed by atoms with Gasteiger partial charge >= 0.3 is 5.97 Å². The highest BCUT2D eigenvalue weighted by molar-refractivity contribution is 6.01. The Bertz CT molecular complexity index is 654. The van der Waals surface area contributed by atoms with Crippen LogP contribution in [0.25, 0.3) is 11.9 Å². The van der Waals surface area contributed by atoms with Gasteiger partial charge < -0.3 is 10.1 Å². The first-order valence-corrected chi connectivity index (χ1v) is 6.19. The Morgan fingerprint density at radius 2 is 2.20 bits per heavy atom. The number of aromatic nitrogens is 2. The smallest absolute Gasteiger partial charge is 0.351 e. The predicted octanol–water partition coefficient (Wildman–Crippen LogP) is 1.80. The van der Waals surface area contributed by atoms with Crippen LogP contribution in [0.5, 0.6) is 0 Å². The van der Waals surface area contributed by atoms with Gasteiger partial charge in [0, 0.05) is 12.4 Å². The van der Waals surface area contributed by atoms with E-state index in [0.717, 1.165) is 5.69 Å². The number of nitrogens with one attached hydrogen (secondary N) is 1. The summed E-state index contributed by atoms with van der Waals surface area (Å²) >= 11 is 0. The van der Waals surface area contributed by atoms with Crippen molar-refractivity contribution in [3.05, 3.63) is 29.2 Å². The Kier molecular flexibility index (Phi) is 3.36. The standard InChI is InChI=1S/C14H16N4O2/c1-9-7-11-12(16-5-6-18(11)17-9)10(8-15)13(19)20-14(2,3)4/h5-7,16H,1-4H3. The average Bonchev–Trinajstić information content (AvgIpc) is 2.68. The van der Waals surface area contributed by atoms with Crippen LogP contribution in [0.2, 0.25) is 0 Å². The van der Waals surface area contributed by atoms with E-state index in [4.69, 9.17) is 4.74 Å². The highest BCUT2D eigenvalue weighted by Gasteiger charge is 2.26. The maximum Gasteiger partial charge on any atom is 0.351 e. The minimum absolute atomic E-state index is 0.0644. The molecule has 6 nitrogen and oxygen atoms in total. The second-order valence-electron chi connectivity index (χ2n) is 5.44. The molecule has 0 aromatic carbocycles. The summed E-state index contributed by atoms with van der Waals surface area (Å²) in [5.41, 5.74) is 1.15. The third kappa shape index (κ3) is 2.72. The van der Waals surface area contributed by atoms with Crippen molar-refractivity contribution < 1.29 is 9.53 Å². The minimum Gasteiger partial charge on any atom is -0.456 e. The van der Waals surface area contributed by atoms with Crippen molar-refractivity contribution in [2.75, 3.05) is 0 Å². The number of hydrogen-bond donors (Lipinski definition) is 1. The second kappa shape index (κ2) is 4.85. The van der Waals surface area contributed by atoms with E-state index in [0.29, 0.717) is 11.4 Å². The largest absolute Gasteiger partial charge is 0.456 e. The zero-order chi connectivity index (χ0) is 14.9. The molecule has 20 heavy (non-hydrogen) atoms. The van der Waals surface area contributed by atoms with Crippen LogP contribution in [0.15, 0.2) is 17.8 Å². The van der Waals surface area contributed by atoms with Crippen LogP contribution in [0.3, 0.4) is 0 Å². The first kappa shape index (κ1) is 13.9. The molecule has 0 radical (unpaired) electrons. The third-order valence-electron chi connectivity index (χ3n) is 2.52. The fraction of sp³-hybridized carbons (Fsp3) is 0.357. The SMILES string of the molecule is Cc1cc2n(n1)C=CNC2=C(C#N)C(=O)OC(C)(C)C. The monoisotopic (exact) mass is 272 g/mol. The number of aryl methyl sites for hydroxylation is 1. The number of carbonyl (C=O) groups is 1. The maximum atomic E-state index is 12.1. The highest BCUT2D eigenvalue weighted by Crippen LogP contribution is 2.22. The summed E-state index contributed by atoms with van der Waals surface area (Å²) in [6.45, 7) is 7.11. The van der Waals surface area contributed by atoms with Crippen molar-refractivity contribution in [3.8, 4) is 6.07 Å². The molecule has 6 heteroatoms. The van der Waals surface area contributed by atoms with Crippen molar-refractivity contribution in [3.63, 3.8) is 0 Å². The summed E-state index contributed by atoms with van der Waals surface area (Å²) in [5, 5.41) is 16.4. The van der Waals surface area contributed by atoms with E-state index in [2.05, 4.69) is 10.4 Å². The second-order valence-corrected chi connectivity index (χ2v) is 5.44. The fourth-order valence-electron chi connectivity index (χ4n) is 1.82. The van der Waals surface area contributed by atoms with E-state index in [-0.39, 0.29) is 5.57 Å². The Labute approximate surface area is 117 Å². The number of ether oxygens (including phenoxy) is 1. The molecule has 0 saturated heterocycles. The van der Waals surface area contributed by atoms with Crippen LogP contribution >= 0.6 is 0 Å². The highest BCUT2D eigenvalue weighted by atomic mass is 16.6. The fourth-order valence-corrected chi connectivity index (χ4v) is 1.82. The summed E-state index contributed by atoms with van der Waals surface area (Å²) in [5.74, 6) is -0.650. The first-order chi connectivity index (χ1) is 9.31. The lowest BCUT2D eigenvalue weighted by molar-refractivity contribution is -0.149. The molecule has 0 spiro atoms. The molecular formula is C14H16N4O2. The number of esters is 1. The number of carbonyl (C=O) groups excluding carboxylic acids is 1. The summed E-state index contributed by atoms with van der Waals surface area (Å²) in [7, 11) is 0. The maximum absolute atomic E-state index is 12.1. The molecule has 104 valence electrons. The van der Waals surface area contributed by atoms with Gasteiger partial charge in [0.25, 0.3) is 0 Å². The molecule has 0 saturated carbocycles. The molecule has 1 N–H and O–H groups in total. The van der Waals surface area contributed by atoms with Gasteiger partial charge in [-0.25, -0.2) is 9.48 Å². The Morgan fingerprint density at radius 1 is 1.50 bits per heavy atom. The first-order valence-electron chi connectivity index (χ1n) is 6.19. The van der Waals surface area contributed by atoms with E-state index >= 15 is 0 Å². The van der Waals surface area contributed by atoms with Crippen LogP contribution in [0.4, 0.5) is 0 Å². The normalized spacial score (nSPS) is 15.9. The quantitative estimate of drug-likeness (QED) is 0.479. The van der Waals surface area contributed by atoms with Crippen molar-refractivity contribution >= 4 is 17.9 Å². The van der Waals surface area contributed by atoms with Crippen molar-refractivity contribution in [2.45, 2.75) is 33.3 Å². The molecule has 2 rings (SSSR count). The van der Waals surface area contributed by atoms with Crippen LogP contribution in [0.1, 0.15) is 32.2 Å². The Hall–Kier alpha value is -2.55. The molecule has 0 atom stereocenters. The molecule has 2 heterocycles. The summed E-state index contributed by atoms with van der Waals surface area (Å²) < 4.78 is 6.87. The molecule has 1 aliphatic rings. The van der Waals surface area contributed by atoms with E-state index in [1.165, 1.54) is 0 Å². The molecule has 0 fully saturated rings. The van der Waals surface area contributed by atoms with Crippen molar-refractivity contribution in [2.24, 2.45) is 0 Å². The molecule has 1 aliphatic heterocycles. The molecular weight excluding hydrogens is 256 g/mol. The lowest BCUT2D eigenvalue weighted by Gasteiger charge is -2.20.